The molecule has 4 rings (SSSR count). The second-order valence-electron chi connectivity index (χ2n) is 7.91. The molecule has 0 aromatic heterocycles. The van der Waals surface area contributed by atoms with Gasteiger partial charge in [0.25, 0.3) is 11.8 Å². The number of hydrogen-bond acceptors (Lipinski definition) is 6. The Labute approximate surface area is 186 Å². The van der Waals surface area contributed by atoms with E-state index in [-0.39, 0.29) is 22.1 Å². The lowest BCUT2D eigenvalue weighted by Crippen LogP contribution is -2.61. The van der Waals surface area contributed by atoms with E-state index in [0.717, 1.165) is 12.8 Å². The molecule has 1 heterocycles. The molecule has 32 heavy (non-hydrogen) atoms. The molecule has 1 saturated carbocycles. The van der Waals surface area contributed by atoms with Crippen molar-refractivity contribution in [1.29, 1.82) is 0 Å². The Kier molecular flexibility index (Phi) is 5.77. The van der Waals surface area contributed by atoms with E-state index in [9.17, 15) is 22.8 Å². The summed E-state index contributed by atoms with van der Waals surface area (Å²) in [5.74, 6) is -1.84. The summed E-state index contributed by atoms with van der Waals surface area (Å²) >= 11 is 0. The van der Waals surface area contributed by atoms with Gasteiger partial charge in [-0.25, -0.2) is 13.2 Å². The minimum atomic E-state index is -3.65. The Balaban J connectivity index is 1.61. The molecule has 1 spiro atoms. The van der Waals surface area contributed by atoms with Crippen molar-refractivity contribution in [2.45, 2.75) is 43.0 Å². The van der Waals surface area contributed by atoms with Crippen LogP contribution >= 0.6 is 0 Å². The highest BCUT2D eigenvalue weighted by atomic mass is 32.2. The van der Waals surface area contributed by atoms with Gasteiger partial charge < -0.3 is 10.1 Å². The van der Waals surface area contributed by atoms with Gasteiger partial charge in [-0.3, -0.25) is 14.5 Å². The predicted octanol–water partition coefficient (Wildman–Crippen LogP) is 2.94. The zero-order chi connectivity index (χ0) is 22.9. The number of carbonyl (C=O) groups is 3. The van der Waals surface area contributed by atoms with Gasteiger partial charge >= 0.3 is 5.97 Å². The number of hydrogen-bond donors (Lipinski definition) is 1. The zero-order valence-electron chi connectivity index (χ0n) is 17.7. The highest BCUT2D eigenvalue weighted by Gasteiger charge is 2.52. The number of nitrogens with one attached hydrogen (secondary N) is 1. The quantitative estimate of drug-likeness (QED) is 0.693. The smallest absolute Gasteiger partial charge is 0.339 e. The summed E-state index contributed by atoms with van der Waals surface area (Å²) in [6.45, 7) is 0.879. The molecular formula is C23H24N2O6S. The van der Waals surface area contributed by atoms with Gasteiger partial charge in [0.05, 0.1) is 27.6 Å². The molecule has 0 unspecified atom stereocenters. The summed E-state index contributed by atoms with van der Waals surface area (Å²) in [6.07, 6.45) is 2.65. The number of ether oxygens (including phenoxy) is 1. The van der Waals surface area contributed by atoms with E-state index in [4.69, 9.17) is 4.74 Å². The maximum absolute atomic E-state index is 13.3. The van der Waals surface area contributed by atoms with Crippen molar-refractivity contribution in [3.63, 3.8) is 0 Å². The molecular weight excluding hydrogens is 432 g/mol. The van der Waals surface area contributed by atoms with Gasteiger partial charge in [0.15, 0.2) is 16.4 Å². The molecule has 0 bridgehead atoms. The number of fused-ring (bicyclic) bond motifs is 1. The van der Waals surface area contributed by atoms with Crippen molar-refractivity contribution in [2.24, 2.45) is 0 Å². The van der Waals surface area contributed by atoms with Gasteiger partial charge in [-0.2, -0.15) is 0 Å². The number of para-hydroxylation sites is 2. The van der Waals surface area contributed by atoms with E-state index >= 15 is 0 Å². The molecule has 0 radical (unpaired) electrons. The first-order valence-electron chi connectivity index (χ1n) is 10.5. The van der Waals surface area contributed by atoms with E-state index < -0.39 is 33.9 Å². The Bertz CT molecular complexity index is 1180. The minimum absolute atomic E-state index is 0.116. The summed E-state index contributed by atoms with van der Waals surface area (Å²) in [5.41, 5.74) is -0.0472. The summed E-state index contributed by atoms with van der Waals surface area (Å²) in [5, 5.41) is 2.89. The predicted molar refractivity (Wildman–Crippen MR) is 118 cm³/mol. The fourth-order valence-corrected chi connectivity index (χ4v) is 5.54. The third-order valence-electron chi connectivity index (χ3n) is 6.07. The molecule has 1 N–H and O–H groups in total. The van der Waals surface area contributed by atoms with Crippen molar-refractivity contribution in [2.75, 3.05) is 22.6 Å². The third-order valence-corrected chi connectivity index (χ3v) is 7.86. The van der Waals surface area contributed by atoms with Crippen molar-refractivity contribution < 1.29 is 27.5 Å². The second kappa shape index (κ2) is 8.38. The first-order valence-corrected chi connectivity index (χ1v) is 12.2. The molecule has 9 heteroatoms. The minimum Gasteiger partial charge on any atom is -0.452 e. The summed E-state index contributed by atoms with van der Waals surface area (Å²) in [6, 6.07) is 12.8. The molecule has 1 aliphatic carbocycles. The normalized spacial score (nSPS) is 17.0. The van der Waals surface area contributed by atoms with Crippen LogP contribution in [0.2, 0.25) is 0 Å². The maximum Gasteiger partial charge on any atom is 0.339 e. The molecule has 2 aromatic rings. The largest absolute Gasteiger partial charge is 0.452 e. The van der Waals surface area contributed by atoms with Crippen LogP contribution in [0.15, 0.2) is 53.4 Å². The first-order chi connectivity index (χ1) is 15.3. The fourth-order valence-electron chi connectivity index (χ4n) is 4.46. The summed E-state index contributed by atoms with van der Waals surface area (Å²) < 4.78 is 29.9. The van der Waals surface area contributed by atoms with Crippen LogP contribution in [0.25, 0.3) is 0 Å². The van der Waals surface area contributed by atoms with E-state index in [2.05, 4.69) is 5.32 Å². The van der Waals surface area contributed by atoms with Crippen LogP contribution in [0.4, 0.5) is 11.4 Å². The number of anilines is 2. The van der Waals surface area contributed by atoms with Gasteiger partial charge in [0.1, 0.15) is 5.54 Å². The second-order valence-corrected chi connectivity index (χ2v) is 10.2. The van der Waals surface area contributed by atoms with Gasteiger partial charge in [-0.05, 0) is 37.1 Å². The number of benzene rings is 2. The number of sulfone groups is 1. The van der Waals surface area contributed by atoms with Crippen LogP contribution in [0, 0.1) is 0 Å². The zero-order valence-corrected chi connectivity index (χ0v) is 18.5. The number of carbonyl (C=O) groups excluding carboxylic acids is 3. The fraction of sp³-hybridized carbons (Fsp3) is 0.348. The lowest BCUT2D eigenvalue weighted by Gasteiger charge is -2.44. The van der Waals surface area contributed by atoms with E-state index in [1.807, 2.05) is 0 Å². The van der Waals surface area contributed by atoms with Crippen LogP contribution in [-0.2, 0) is 24.2 Å². The highest BCUT2D eigenvalue weighted by Crippen LogP contribution is 2.45. The summed E-state index contributed by atoms with van der Waals surface area (Å²) in [7, 11) is -3.65. The van der Waals surface area contributed by atoms with Crippen LogP contribution < -0.4 is 10.2 Å². The monoisotopic (exact) mass is 456 g/mol. The van der Waals surface area contributed by atoms with E-state index in [1.54, 1.807) is 24.3 Å². The van der Waals surface area contributed by atoms with Crippen LogP contribution in [0.1, 0.15) is 43.0 Å². The van der Waals surface area contributed by atoms with Gasteiger partial charge in [-0.15, -0.1) is 0 Å². The van der Waals surface area contributed by atoms with E-state index in [0.29, 0.717) is 24.2 Å². The Morgan fingerprint density at radius 2 is 1.72 bits per heavy atom. The standard InChI is InChI=1S/C23H24N2O6S/c1-2-32(29,30)19-12-6-3-9-16(19)21(27)31-15-20(26)25-18-11-5-4-10-17(18)24-22(28)23(25)13-7-8-14-23/h3-6,9-12H,2,7-8,13-15H2,1H3,(H,24,28). The van der Waals surface area contributed by atoms with Gasteiger partial charge in [-0.1, -0.05) is 44.0 Å². The molecule has 1 aliphatic heterocycles. The lowest BCUT2D eigenvalue weighted by atomic mass is 9.90. The molecule has 0 saturated heterocycles. The molecule has 2 aromatic carbocycles. The lowest BCUT2D eigenvalue weighted by molar-refractivity contribution is -0.129. The average molecular weight is 457 g/mol. The van der Waals surface area contributed by atoms with Crippen LogP contribution in [0.5, 0.6) is 0 Å². The number of esters is 1. The van der Waals surface area contributed by atoms with Crippen molar-refractivity contribution in [3.05, 3.63) is 54.1 Å². The molecule has 2 amide bonds. The van der Waals surface area contributed by atoms with Crippen molar-refractivity contribution in [3.8, 4) is 0 Å². The Hall–Kier alpha value is -3.20. The molecule has 8 nitrogen and oxygen atoms in total. The van der Waals surface area contributed by atoms with Crippen LogP contribution in [0.3, 0.4) is 0 Å². The highest BCUT2D eigenvalue weighted by molar-refractivity contribution is 7.91. The first kappa shape index (κ1) is 22.0. The number of nitrogens with zero attached hydrogens (tertiary/aromatic N) is 1. The van der Waals surface area contributed by atoms with Gasteiger partial charge in [0, 0.05) is 0 Å². The number of amides is 2. The maximum atomic E-state index is 13.3. The molecule has 168 valence electrons. The third kappa shape index (κ3) is 3.66. The SMILES string of the molecule is CCS(=O)(=O)c1ccccc1C(=O)OCC(=O)N1c2ccccc2NC(=O)C12CCCC2. The topological polar surface area (TPSA) is 110 Å². The van der Waals surface area contributed by atoms with E-state index in [1.165, 1.54) is 36.1 Å². The average Bonchev–Trinajstić information content (AvgIpc) is 3.28. The van der Waals surface area contributed by atoms with Crippen molar-refractivity contribution >= 4 is 39.0 Å². The number of rotatable bonds is 5. The molecule has 1 fully saturated rings. The molecule has 0 atom stereocenters. The molecule has 2 aliphatic rings. The summed E-state index contributed by atoms with van der Waals surface area (Å²) in [4.78, 5) is 40.3. The Morgan fingerprint density at radius 3 is 2.44 bits per heavy atom. The van der Waals surface area contributed by atoms with Crippen molar-refractivity contribution in [1.82, 2.24) is 0 Å². The van der Waals surface area contributed by atoms with Crippen LogP contribution in [-0.4, -0.2) is 44.1 Å². The Morgan fingerprint density at radius 1 is 1.06 bits per heavy atom. The van der Waals surface area contributed by atoms with Gasteiger partial charge in [0.2, 0.25) is 0 Å².